The van der Waals surface area contributed by atoms with Crippen LogP contribution in [0.5, 0.6) is 0 Å². The maximum absolute atomic E-state index is 11.0. The van der Waals surface area contributed by atoms with Gasteiger partial charge in [0.2, 0.25) is 0 Å². The van der Waals surface area contributed by atoms with E-state index in [1.165, 1.54) is 0 Å². The van der Waals surface area contributed by atoms with Gasteiger partial charge in [-0.2, -0.15) is 0 Å². The Bertz CT molecular complexity index is 422. The minimum atomic E-state index is 0.238. The smallest absolute Gasteiger partial charge is 0.155 e. The van der Waals surface area contributed by atoms with E-state index in [0.717, 1.165) is 32.3 Å². The molecule has 0 aromatic carbocycles. The molecule has 2 rings (SSSR count). The third kappa shape index (κ3) is 3.18. The summed E-state index contributed by atoms with van der Waals surface area (Å²) < 4.78 is 5.30. The number of aryl methyl sites for hydroxylation is 1. The lowest BCUT2D eigenvalue weighted by Gasteiger charge is -2.21. The van der Waals surface area contributed by atoms with Crippen molar-refractivity contribution in [2.24, 2.45) is 0 Å². The first-order chi connectivity index (χ1) is 8.20. The molecule has 1 aromatic rings. The Balaban J connectivity index is 2.21. The molecule has 0 saturated carbocycles. The predicted octanol–water partition coefficient (Wildman–Crippen LogP) is 2.52. The highest BCUT2D eigenvalue weighted by atomic mass is 35.5. The van der Waals surface area contributed by atoms with E-state index in [0.29, 0.717) is 21.7 Å². The molecule has 1 aliphatic rings. The molecule has 0 radical (unpaired) electrons. The van der Waals surface area contributed by atoms with Gasteiger partial charge in [0, 0.05) is 18.5 Å². The van der Waals surface area contributed by atoms with Crippen LogP contribution in [-0.2, 0) is 4.74 Å². The number of rotatable bonds is 3. The third-order valence-corrected chi connectivity index (χ3v) is 4.17. The molecule has 0 spiro atoms. The number of thioether (sulfide) groups is 1. The Morgan fingerprint density at radius 2 is 2.12 bits per heavy atom. The van der Waals surface area contributed by atoms with Crippen LogP contribution in [0.25, 0.3) is 0 Å². The van der Waals surface area contributed by atoms with E-state index in [4.69, 9.17) is 16.3 Å². The van der Waals surface area contributed by atoms with Gasteiger partial charge in [-0.05, 0) is 19.8 Å². The molecule has 0 unspecified atom stereocenters. The molecule has 1 aliphatic heterocycles. The molecule has 0 N–H and O–H groups in total. The predicted molar refractivity (Wildman–Crippen MR) is 66.9 cm³/mol. The van der Waals surface area contributed by atoms with E-state index in [2.05, 4.69) is 9.97 Å². The highest BCUT2D eigenvalue weighted by Gasteiger charge is 2.19. The lowest BCUT2D eigenvalue weighted by molar-refractivity contribution is 0.1000. The van der Waals surface area contributed by atoms with Crippen LogP contribution in [0.3, 0.4) is 0 Å². The first-order valence-corrected chi connectivity index (χ1v) is 6.70. The summed E-state index contributed by atoms with van der Waals surface area (Å²) in [5.41, 5.74) is 0.397. The average Bonchev–Trinajstić information content (AvgIpc) is 2.30. The van der Waals surface area contributed by atoms with Crippen LogP contribution in [-0.4, -0.2) is 34.7 Å². The second-order valence-corrected chi connectivity index (χ2v) is 5.47. The monoisotopic (exact) mass is 272 g/mol. The second-order valence-electron chi connectivity index (χ2n) is 3.83. The molecule has 0 atom stereocenters. The number of halogens is 1. The van der Waals surface area contributed by atoms with Crippen molar-refractivity contribution in [3.8, 4) is 0 Å². The Labute approximate surface area is 109 Å². The van der Waals surface area contributed by atoms with Crippen LogP contribution in [0.15, 0.2) is 5.03 Å². The Morgan fingerprint density at radius 1 is 1.41 bits per heavy atom. The van der Waals surface area contributed by atoms with Crippen LogP contribution in [0.2, 0.25) is 5.15 Å². The molecule has 1 aromatic heterocycles. The molecular formula is C11H13ClN2O2S. The van der Waals surface area contributed by atoms with Gasteiger partial charge in [-0.15, -0.1) is 11.8 Å². The fraction of sp³-hybridized carbons (Fsp3) is 0.545. The zero-order valence-electron chi connectivity index (χ0n) is 9.48. The average molecular weight is 273 g/mol. The summed E-state index contributed by atoms with van der Waals surface area (Å²) in [5.74, 6) is 0.593. The Kier molecular flexibility index (Phi) is 4.36. The van der Waals surface area contributed by atoms with Gasteiger partial charge in [-0.3, -0.25) is 4.79 Å². The quantitative estimate of drug-likeness (QED) is 0.625. The van der Waals surface area contributed by atoms with E-state index in [1.54, 1.807) is 18.7 Å². The molecule has 6 heteroatoms. The van der Waals surface area contributed by atoms with Gasteiger partial charge >= 0.3 is 0 Å². The van der Waals surface area contributed by atoms with E-state index in [1.807, 2.05) is 0 Å². The summed E-state index contributed by atoms with van der Waals surface area (Å²) in [4.78, 5) is 19.3. The highest BCUT2D eigenvalue weighted by Crippen LogP contribution is 2.32. The van der Waals surface area contributed by atoms with Crippen molar-refractivity contribution in [3.63, 3.8) is 0 Å². The van der Waals surface area contributed by atoms with Crippen molar-refractivity contribution in [3.05, 3.63) is 16.5 Å². The minimum absolute atomic E-state index is 0.238. The number of ether oxygens (including phenoxy) is 1. The third-order valence-electron chi connectivity index (χ3n) is 2.54. The first kappa shape index (κ1) is 12.8. The topological polar surface area (TPSA) is 52.1 Å². The summed E-state index contributed by atoms with van der Waals surface area (Å²) in [6.07, 6.45) is 2.68. The van der Waals surface area contributed by atoms with Crippen molar-refractivity contribution >= 4 is 29.6 Å². The number of aldehydes is 1. The Morgan fingerprint density at radius 3 is 2.76 bits per heavy atom. The van der Waals surface area contributed by atoms with Gasteiger partial charge in [0.15, 0.2) is 6.29 Å². The zero-order chi connectivity index (χ0) is 12.3. The van der Waals surface area contributed by atoms with Crippen LogP contribution in [0, 0.1) is 6.92 Å². The lowest BCUT2D eigenvalue weighted by Crippen LogP contribution is -2.18. The van der Waals surface area contributed by atoms with E-state index >= 15 is 0 Å². The summed E-state index contributed by atoms with van der Waals surface area (Å²) in [6.45, 7) is 3.31. The van der Waals surface area contributed by atoms with Crippen LogP contribution in [0.1, 0.15) is 29.0 Å². The molecule has 1 fully saturated rings. The fourth-order valence-corrected chi connectivity index (χ4v) is 3.18. The van der Waals surface area contributed by atoms with Gasteiger partial charge < -0.3 is 4.74 Å². The normalized spacial score (nSPS) is 17.1. The summed E-state index contributed by atoms with van der Waals surface area (Å²) in [6, 6.07) is 0. The molecule has 1 saturated heterocycles. The Hall–Kier alpha value is -0.650. The first-order valence-electron chi connectivity index (χ1n) is 5.44. The summed E-state index contributed by atoms with van der Waals surface area (Å²) >= 11 is 7.53. The zero-order valence-corrected chi connectivity index (χ0v) is 11.1. The largest absolute Gasteiger partial charge is 0.381 e. The van der Waals surface area contributed by atoms with Gasteiger partial charge in [-0.25, -0.2) is 9.97 Å². The van der Waals surface area contributed by atoms with E-state index in [9.17, 15) is 4.79 Å². The summed E-state index contributed by atoms with van der Waals surface area (Å²) in [5, 5.41) is 1.36. The number of hydrogen-bond acceptors (Lipinski definition) is 5. The second kappa shape index (κ2) is 5.80. The van der Waals surface area contributed by atoms with Crippen molar-refractivity contribution < 1.29 is 9.53 Å². The van der Waals surface area contributed by atoms with Gasteiger partial charge in [0.25, 0.3) is 0 Å². The van der Waals surface area contributed by atoms with Gasteiger partial charge in [0.1, 0.15) is 16.0 Å². The number of carbonyl (C=O) groups excluding carboxylic acids is 1. The fourth-order valence-electron chi connectivity index (χ4n) is 1.66. The van der Waals surface area contributed by atoms with Crippen molar-refractivity contribution in [2.45, 2.75) is 30.0 Å². The van der Waals surface area contributed by atoms with Gasteiger partial charge in [-0.1, -0.05) is 11.6 Å². The molecule has 17 heavy (non-hydrogen) atoms. The highest BCUT2D eigenvalue weighted by molar-refractivity contribution is 7.99. The van der Waals surface area contributed by atoms with Crippen LogP contribution < -0.4 is 0 Å². The van der Waals surface area contributed by atoms with Gasteiger partial charge in [0.05, 0.1) is 5.56 Å². The molecule has 0 amide bonds. The summed E-state index contributed by atoms with van der Waals surface area (Å²) in [7, 11) is 0. The minimum Gasteiger partial charge on any atom is -0.381 e. The van der Waals surface area contributed by atoms with E-state index in [-0.39, 0.29) is 5.15 Å². The molecular weight excluding hydrogens is 260 g/mol. The number of nitrogens with zero attached hydrogens (tertiary/aromatic N) is 2. The number of hydrogen-bond donors (Lipinski definition) is 0. The standard InChI is InChI=1S/C11H13ClN2O2S/c1-7-13-10(12)9(6-15)11(14-7)17-8-2-4-16-5-3-8/h6,8H,2-5H2,1H3. The molecule has 4 nitrogen and oxygen atoms in total. The van der Waals surface area contributed by atoms with E-state index < -0.39 is 0 Å². The molecule has 92 valence electrons. The number of carbonyl (C=O) groups is 1. The van der Waals surface area contributed by atoms with Crippen LogP contribution >= 0.6 is 23.4 Å². The molecule has 0 bridgehead atoms. The lowest BCUT2D eigenvalue weighted by atomic mass is 10.2. The SMILES string of the molecule is Cc1nc(Cl)c(C=O)c(SC2CCOCC2)n1. The van der Waals surface area contributed by atoms with Crippen molar-refractivity contribution in [2.75, 3.05) is 13.2 Å². The molecule has 0 aliphatic carbocycles. The van der Waals surface area contributed by atoms with Crippen molar-refractivity contribution in [1.82, 2.24) is 9.97 Å². The molecule has 2 heterocycles. The number of aromatic nitrogens is 2. The maximum Gasteiger partial charge on any atom is 0.155 e. The van der Waals surface area contributed by atoms with Crippen LogP contribution in [0.4, 0.5) is 0 Å². The van der Waals surface area contributed by atoms with Crippen molar-refractivity contribution in [1.29, 1.82) is 0 Å². The maximum atomic E-state index is 11.0.